The molecule has 0 radical (unpaired) electrons. The van der Waals surface area contributed by atoms with Gasteiger partial charge in [-0.1, -0.05) is 117 Å². The smallest absolute Gasteiger partial charge is 0.157 e. The zero-order valence-electron chi connectivity index (χ0n) is 21.7. The van der Waals surface area contributed by atoms with Crippen molar-refractivity contribution in [3.05, 3.63) is 0 Å². The van der Waals surface area contributed by atoms with E-state index >= 15 is 0 Å². The minimum Gasteiger partial charge on any atom is -0.393 e. The second-order valence-corrected chi connectivity index (χ2v) is 9.47. The number of aliphatic hydroxyl groups excluding tert-OH is 1. The lowest BCUT2D eigenvalue weighted by molar-refractivity contribution is -0.148. The fraction of sp³-hybridized carbons (Fsp3) is 1.00. The van der Waals surface area contributed by atoms with E-state index in [9.17, 15) is 5.11 Å². The summed E-state index contributed by atoms with van der Waals surface area (Å²) in [5, 5.41) is 9.66. The monoisotopic (exact) mass is 442 g/mol. The van der Waals surface area contributed by atoms with Crippen molar-refractivity contribution < 1.29 is 14.6 Å². The molecule has 188 valence electrons. The maximum absolute atomic E-state index is 9.66. The van der Waals surface area contributed by atoms with Crippen LogP contribution in [0.2, 0.25) is 0 Å². The lowest BCUT2D eigenvalue weighted by atomic mass is 10.1. The first-order valence-corrected chi connectivity index (χ1v) is 14.2. The van der Waals surface area contributed by atoms with Gasteiger partial charge in [-0.3, -0.25) is 0 Å². The highest BCUT2D eigenvalue weighted by Crippen LogP contribution is 2.15. The molecule has 0 heterocycles. The Kier molecular flexibility index (Phi) is 26.0. The Bertz CT molecular complexity index is 301. The maximum atomic E-state index is 9.66. The van der Waals surface area contributed by atoms with Gasteiger partial charge < -0.3 is 14.6 Å². The van der Waals surface area contributed by atoms with E-state index in [0.717, 1.165) is 51.7 Å². The standard InChI is InChI=1S/C28H58O3/c1-4-7-9-11-13-17-21-25-30-28(24-20-16-15-19-23-27(29)6-3)31-26-22-18-14-12-10-8-5-2/h27-29H,4-26H2,1-3H3. The van der Waals surface area contributed by atoms with Crippen molar-refractivity contribution in [2.75, 3.05) is 13.2 Å². The van der Waals surface area contributed by atoms with Gasteiger partial charge in [-0.05, 0) is 38.5 Å². The summed E-state index contributed by atoms with van der Waals surface area (Å²) in [5.74, 6) is 0. The maximum Gasteiger partial charge on any atom is 0.157 e. The fourth-order valence-electron chi connectivity index (χ4n) is 4.01. The minimum atomic E-state index is -0.108. The molecule has 1 atom stereocenters. The van der Waals surface area contributed by atoms with Crippen LogP contribution < -0.4 is 0 Å². The molecule has 1 N–H and O–H groups in total. The van der Waals surface area contributed by atoms with Crippen LogP contribution in [0.4, 0.5) is 0 Å². The van der Waals surface area contributed by atoms with Gasteiger partial charge in [0.05, 0.1) is 6.10 Å². The highest BCUT2D eigenvalue weighted by molar-refractivity contribution is 4.55. The average Bonchev–Trinajstić information content (AvgIpc) is 2.78. The quantitative estimate of drug-likeness (QED) is 0.107. The molecule has 0 aliphatic heterocycles. The molecule has 31 heavy (non-hydrogen) atoms. The van der Waals surface area contributed by atoms with E-state index < -0.39 is 0 Å². The Morgan fingerprint density at radius 1 is 0.484 bits per heavy atom. The molecule has 0 aromatic rings. The van der Waals surface area contributed by atoms with Gasteiger partial charge in [-0.25, -0.2) is 0 Å². The van der Waals surface area contributed by atoms with Crippen LogP contribution in [-0.4, -0.2) is 30.7 Å². The SMILES string of the molecule is CCCCCCCCCOC(CCCCCCC(O)CC)OCCCCCCCCC. The summed E-state index contributed by atoms with van der Waals surface area (Å²) >= 11 is 0. The number of hydrogen-bond donors (Lipinski definition) is 1. The molecule has 1 unspecified atom stereocenters. The van der Waals surface area contributed by atoms with Crippen molar-refractivity contribution in [1.29, 1.82) is 0 Å². The van der Waals surface area contributed by atoms with Crippen LogP contribution >= 0.6 is 0 Å². The minimum absolute atomic E-state index is 0.0126. The first kappa shape index (κ1) is 30.9. The van der Waals surface area contributed by atoms with Crippen LogP contribution in [0.3, 0.4) is 0 Å². The number of ether oxygens (including phenoxy) is 2. The number of rotatable bonds is 26. The van der Waals surface area contributed by atoms with E-state index in [0.29, 0.717) is 0 Å². The Balaban J connectivity index is 3.87. The first-order valence-electron chi connectivity index (χ1n) is 14.2. The zero-order valence-corrected chi connectivity index (χ0v) is 21.7. The molecule has 0 aromatic heterocycles. The number of aliphatic hydroxyl groups is 1. The third-order valence-electron chi connectivity index (χ3n) is 6.30. The summed E-state index contributed by atoms with van der Waals surface area (Å²) in [6, 6.07) is 0. The lowest BCUT2D eigenvalue weighted by Gasteiger charge is -2.19. The molecule has 3 heteroatoms. The van der Waals surface area contributed by atoms with Crippen molar-refractivity contribution in [2.45, 2.75) is 168 Å². The summed E-state index contributed by atoms with van der Waals surface area (Å²) in [6.07, 6.45) is 26.0. The molecule has 0 saturated heterocycles. The Morgan fingerprint density at radius 2 is 0.871 bits per heavy atom. The third kappa shape index (κ3) is 24.4. The molecular formula is C28H58O3. The van der Waals surface area contributed by atoms with E-state index in [-0.39, 0.29) is 12.4 Å². The lowest BCUT2D eigenvalue weighted by Crippen LogP contribution is -2.19. The van der Waals surface area contributed by atoms with Gasteiger partial charge in [-0.15, -0.1) is 0 Å². The fourth-order valence-corrected chi connectivity index (χ4v) is 4.01. The van der Waals surface area contributed by atoms with E-state index in [1.807, 2.05) is 0 Å². The highest BCUT2D eigenvalue weighted by Gasteiger charge is 2.09. The summed E-state index contributed by atoms with van der Waals surface area (Å²) in [6.45, 7) is 8.29. The molecule has 0 saturated carbocycles. The summed E-state index contributed by atoms with van der Waals surface area (Å²) in [5.41, 5.74) is 0. The van der Waals surface area contributed by atoms with E-state index in [2.05, 4.69) is 20.8 Å². The largest absolute Gasteiger partial charge is 0.393 e. The molecule has 3 nitrogen and oxygen atoms in total. The van der Waals surface area contributed by atoms with E-state index in [1.165, 1.54) is 96.3 Å². The zero-order chi connectivity index (χ0) is 22.8. The van der Waals surface area contributed by atoms with Crippen LogP contribution in [0, 0.1) is 0 Å². The first-order chi connectivity index (χ1) is 15.2. The number of unbranched alkanes of at least 4 members (excludes halogenated alkanes) is 15. The molecule has 0 fully saturated rings. The van der Waals surface area contributed by atoms with Crippen LogP contribution in [-0.2, 0) is 9.47 Å². The Labute approximate surface area is 196 Å². The normalized spacial score (nSPS) is 12.7. The molecule has 0 spiro atoms. The molecule has 0 aliphatic carbocycles. The van der Waals surface area contributed by atoms with Crippen LogP contribution in [0.15, 0.2) is 0 Å². The predicted molar refractivity (Wildman–Crippen MR) is 136 cm³/mol. The highest BCUT2D eigenvalue weighted by atomic mass is 16.7. The average molecular weight is 443 g/mol. The summed E-state index contributed by atoms with van der Waals surface area (Å²) < 4.78 is 12.3. The topological polar surface area (TPSA) is 38.7 Å². The van der Waals surface area contributed by atoms with E-state index in [1.54, 1.807) is 0 Å². The van der Waals surface area contributed by atoms with Crippen molar-refractivity contribution in [2.24, 2.45) is 0 Å². The van der Waals surface area contributed by atoms with Gasteiger partial charge in [0.25, 0.3) is 0 Å². The van der Waals surface area contributed by atoms with Crippen LogP contribution in [0.5, 0.6) is 0 Å². The van der Waals surface area contributed by atoms with Gasteiger partial charge >= 0.3 is 0 Å². The van der Waals surface area contributed by atoms with Gasteiger partial charge in [-0.2, -0.15) is 0 Å². The summed E-state index contributed by atoms with van der Waals surface area (Å²) in [4.78, 5) is 0. The van der Waals surface area contributed by atoms with Crippen molar-refractivity contribution >= 4 is 0 Å². The summed E-state index contributed by atoms with van der Waals surface area (Å²) in [7, 11) is 0. The molecule has 0 rings (SSSR count). The van der Waals surface area contributed by atoms with Crippen LogP contribution in [0.25, 0.3) is 0 Å². The Hall–Kier alpha value is -0.120. The number of hydrogen-bond acceptors (Lipinski definition) is 3. The van der Waals surface area contributed by atoms with Crippen molar-refractivity contribution in [3.63, 3.8) is 0 Å². The molecule has 0 aromatic carbocycles. The second kappa shape index (κ2) is 26.1. The molecule has 0 aliphatic rings. The molecule has 0 bridgehead atoms. The third-order valence-corrected chi connectivity index (χ3v) is 6.30. The van der Waals surface area contributed by atoms with Gasteiger partial charge in [0.15, 0.2) is 6.29 Å². The van der Waals surface area contributed by atoms with E-state index in [4.69, 9.17) is 9.47 Å². The molecule has 0 amide bonds. The van der Waals surface area contributed by atoms with Gasteiger partial charge in [0.1, 0.15) is 0 Å². The van der Waals surface area contributed by atoms with Crippen molar-refractivity contribution in [3.8, 4) is 0 Å². The second-order valence-electron chi connectivity index (χ2n) is 9.47. The van der Waals surface area contributed by atoms with Crippen molar-refractivity contribution in [1.82, 2.24) is 0 Å². The van der Waals surface area contributed by atoms with Crippen LogP contribution in [0.1, 0.15) is 156 Å². The van der Waals surface area contributed by atoms with Gasteiger partial charge in [0.2, 0.25) is 0 Å². The predicted octanol–water partition coefficient (Wildman–Crippen LogP) is 8.96. The molecular weight excluding hydrogens is 384 g/mol. The Morgan fingerprint density at radius 3 is 1.32 bits per heavy atom. The van der Waals surface area contributed by atoms with Gasteiger partial charge in [0, 0.05) is 13.2 Å².